The van der Waals surface area contributed by atoms with Crippen molar-refractivity contribution < 1.29 is 8.42 Å². The van der Waals surface area contributed by atoms with Crippen LogP contribution in [-0.2, 0) is 10.0 Å². The van der Waals surface area contributed by atoms with E-state index in [-0.39, 0.29) is 9.75 Å². The molecule has 1 heterocycles. The Balaban J connectivity index is 2.24. The summed E-state index contributed by atoms with van der Waals surface area (Å²) in [4.78, 5) is 0. The third-order valence-electron chi connectivity index (χ3n) is 2.88. The molecule has 0 amide bonds. The lowest BCUT2D eigenvalue weighted by molar-refractivity contribution is 0.401. The molecule has 0 radical (unpaired) electrons. The van der Waals surface area contributed by atoms with Gasteiger partial charge in [0.1, 0.15) is 4.21 Å². The predicted octanol–water partition coefficient (Wildman–Crippen LogP) is 3.63. The highest BCUT2D eigenvalue weighted by Gasteiger charge is 2.41. The van der Waals surface area contributed by atoms with E-state index >= 15 is 0 Å². The maximum Gasteiger partial charge on any atom is 0.250 e. The third kappa shape index (κ3) is 3.04. The fraction of sp³-hybridized carbons (Fsp3) is 0.600. The van der Waals surface area contributed by atoms with Gasteiger partial charge in [0.25, 0.3) is 10.0 Å². The zero-order valence-electron chi connectivity index (χ0n) is 9.46. The van der Waals surface area contributed by atoms with Crippen LogP contribution in [0.4, 0.5) is 0 Å². The molecule has 1 saturated carbocycles. The first-order chi connectivity index (χ1) is 7.72. The second-order valence-electron chi connectivity index (χ2n) is 4.79. The smallest absolute Gasteiger partial charge is 0.206 e. The molecular weight excluding hydrogens is 346 g/mol. The van der Waals surface area contributed by atoms with Gasteiger partial charge in [0.2, 0.25) is 0 Å². The first-order valence-corrected chi connectivity index (χ1v) is 8.68. The SMILES string of the molecule is CC(C)(NS(=O)(=O)c1cc(Cl)c(Br)s1)C1CC1. The summed E-state index contributed by atoms with van der Waals surface area (Å²) in [6.45, 7) is 3.85. The van der Waals surface area contributed by atoms with Crippen molar-refractivity contribution in [1.82, 2.24) is 4.72 Å². The topological polar surface area (TPSA) is 46.2 Å². The fourth-order valence-corrected chi connectivity index (χ4v) is 5.61. The van der Waals surface area contributed by atoms with E-state index in [1.807, 2.05) is 13.8 Å². The van der Waals surface area contributed by atoms with Gasteiger partial charge in [-0.2, -0.15) is 0 Å². The van der Waals surface area contributed by atoms with Crippen LogP contribution < -0.4 is 4.72 Å². The third-order valence-corrected chi connectivity index (χ3v) is 7.50. The van der Waals surface area contributed by atoms with Crippen LogP contribution >= 0.6 is 38.9 Å². The van der Waals surface area contributed by atoms with E-state index in [1.165, 1.54) is 6.07 Å². The Hall–Kier alpha value is 0.380. The Labute approximate surface area is 119 Å². The van der Waals surface area contributed by atoms with Gasteiger partial charge in [0, 0.05) is 5.54 Å². The van der Waals surface area contributed by atoms with Crippen LogP contribution in [0.1, 0.15) is 26.7 Å². The number of sulfonamides is 1. The summed E-state index contributed by atoms with van der Waals surface area (Å²) in [5.74, 6) is 0.441. The van der Waals surface area contributed by atoms with Crippen molar-refractivity contribution in [2.45, 2.75) is 36.4 Å². The van der Waals surface area contributed by atoms with E-state index in [2.05, 4.69) is 20.7 Å². The molecule has 17 heavy (non-hydrogen) atoms. The van der Waals surface area contributed by atoms with Crippen LogP contribution in [0, 0.1) is 5.92 Å². The highest BCUT2D eigenvalue weighted by atomic mass is 79.9. The van der Waals surface area contributed by atoms with Crippen LogP contribution in [0.2, 0.25) is 5.02 Å². The van der Waals surface area contributed by atoms with Crippen molar-refractivity contribution in [1.29, 1.82) is 0 Å². The van der Waals surface area contributed by atoms with E-state index in [1.54, 1.807) is 0 Å². The molecule has 0 spiro atoms. The summed E-state index contributed by atoms with van der Waals surface area (Å²) in [6, 6.07) is 1.47. The Morgan fingerprint density at radius 3 is 2.53 bits per heavy atom. The molecule has 2 rings (SSSR count). The molecule has 7 heteroatoms. The number of rotatable bonds is 4. The second kappa shape index (κ2) is 4.49. The molecule has 96 valence electrons. The lowest BCUT2D eigenvalue weighted by Gasteiger charge is -2.25. The fourth-order valence-electron chi connectivity index (χ4n) is 1.74. The molecule has 0 unspecified atom stereocenters. The van der Waals surface area contributed by atoms with Crippen molar-refractivity contribution in [3.05, 3.63) is 14.9 Å². The lowest BCUT2D eigenvalue weighted by atomic mass is 10.0. The van der Waals surface area contributed by atoms with Gasteiger partial charge in [0.05, 0.1) is 8.81 Å². The minimum Gasteiger partial charge on any atom is -0.206 e. The van der Waals surface area contributed by atoms with Gasteiger partial charge >= 0.3 is 0 Å². The molecule has 0 bridgehead atoms. The normalized spacial score (nSPS) is 17.4. The monoisotopic (exact) mass is 357 g/mol. The second-order valence-corrected chi connectivity index (χ2v) is 9.48. The first-order valence-electron chi connectivity index (χ1n) is 5.21. The Morgan fingerprint density at radius 1 is 1.53 bits per heavy atom. The minimum absolute atomic E-state index is 0.253. The van der Waals surface area contributed by atoms with E-state index in [0.717, 1.165) is 24.2 Å². The van der Waals surface area contributed by atoms with Gasteiger partial charge in [-0.15, -0.1) is 11.3 Å². The Kier molecular flexibility index (Phi) is 3.64. The van der Waals surface area contributed by atoms with Crippen molar-refractivity contribution >= 4 is 48.9 Å². The Bertz CT molecular complexity index is 515. The molecule has 0 aliphatic heterocycles. The zero-order chi connectivity index (χ0) is 12.8. The van der Waals surface area contributed by atoms with Gasteiger partial charge in [-0.3, -0.25) is 0 Å². The average Bonchev–Trinajstić information content (AvgIpc) is 2.94. The number of hydrogen-bond acceptors (Lipinski definition) is 3. The number of nitrogens with one attached hydrogen (secondary N) is 1. The summed E-state index contributed by atoms with van der Waals surface area (Å²) in [7, 11) is -3.47. The van der Waals surface area contributed by atoms with Gasteiger partial charge < -0.3 is 0 Å². The average molecular weight is 359 g/mol. The highest BCUT2D eigenvalue weighted by molar-refractivity contribution is 9.11. The zero-order valence-corrected chi connectivity index (χ0v) is 13.4. The molecule has 0 atom stereocenters. The maximum absolute atomic E-state index is 12.2. The highest BCUT2D eigenvalue weighted by Crippen LogP contribution is 2.41. The van der Waals surface area contributed by atoms with Crippen LogP contribution in [0.5, 0.6) is 0 Å². The molecule has 1 aromatic rings. The summed E-state index contributed by atoms with van der Waals surface area (Å²) in [6.07, 6.45) is 2.18. The van der Waals surface area contributed by atoms with Crippen LogP contribution in [-0.4, -0.2) is 14.0 Å². The lowest BCUT2D eigenvalue weighted by Crippen LogP contribution is -2.44. The molecule has 1 aromatic heterocycles. The molecule has 1 aliphatic rings. The van der Waals surface area contributed by atoms with Crippen molar-refractivity contribution in [3.8, 4) is 0 Å². The van der Waals surface area contributed by atoms with Crippen LogP contribution in [0.3, 0.4) is 0 Å². The first kappa shape index (κ1) is 13.8. The largest absolute Gasteiger partial charge is 0.250 e. The van der Waals surface area contributed by atoms with Gasteiger partial charge in [-0.1, -0.05) is 11.6 Å². The number of halogens is 2. The van der Waals surface area contributed by atoms with E-state index in [9.17, 15) is 8.42 Å². The summed E-state index contributed by atoms with van der Waals surface area (Å²) in [5.41, 5.74) is -0.387. The van der Waals surface area contributed by atoms with Gasteiger partial charge in [0.15, 0.2) is 0 Å². The van der Waals surface area contributed by atoms with E-state index in [4.69, 9.17) is 11.6 Å². The van der Waals surface area contributed by atoms with E-state index < -0.39 is 10.0 Å². The molecule has 3 nitrogen and oxygen atoms in total. The molecule has 0 aromatic carbocycles. The van der Waals surface area contributed by atoms with Crippen molar-refractivity contribution in [3.63, 3.8) is 0 Å². The minimum atomic E-state index is -3.47. The van der Waals surface area contributed by atoms with Gasteiger partial charge in [-0.25, -0.2) is 13.1 Å². The quantitative estimate of drug-likeness (QED) is 0.893. The summed E-state index contributed by atoms with van der Waals surface area (Å²) in [5, 5.41) is 0.430. The number of hydrogen-bond donors (Lipinski definition) is 1. The maximum atomic E-state index is 12.2. The number of thiophene rings is 1. The van der Waals surface area contributed by atoms with E-state index in [0.29, 0.717) is 14.7 Å². The molecule has 1 N–H and O–H groups in total. The molecular formula is C10H13BrClNO2S2. The predicted molar refractivity (Wildman–Crippen MR) is 74.2 cm³/mol. The summed E-state index contributed by atoms with van der Waals surface area (Å²) >= 11 is 10.2. The van der Waals surface area contributed by atoms with Gasteiger partial charge in [-0.05, 0) is 54.6 Å². The summed E-state index contributed by atoms with van der Waals surface area (Å²) < 4.78 is 28.0. The van der Waals surface area contributed by atoms with Crippen LogP contribution in [0.15, 0.2) is 14.1 Å². The van der Waals surface area contributed by atoms with Crippen molar-refractivity contribution in [2.75, 3.05) is 0 Å². The molecule has 0 saturated heterocycles. The molecule has 1 fully saturated rings. The standard InChI is InChI=1S/C10H13BrClNO2S2/c1-10(2,6-3-4-6)13-17(14,15)8-5-7(12)9(11)16-8/h5-6,13H,3-4H2,1-2H3. The molecule has 1 aliphatic carbocycles. The Morgan fingerprint density at radius 2 is 2.12 bits per heavy atom. The van der Waals surface area contributed by atoms with Crippen molar-refractivity contribution in [2.24, 2.45) is 5.92 Å². The van der Waals surface area contributed by atoms with Crippen LogP contribution in [0.25, 0.3) is 0 Å².